The molecule has 30 heavy (non-hydrogen) atoms. The highest BCUT2D eigenvalue weighted by Crippen LogP contribution is 2.23. The van der Waals surface area contributed by atoms with Crippen LogP contribution in [0.25, 0.3) is 11.3 Å². The Kier molecular flexibility index (Phi) is 7.87. The first-order valence-electron chi connectivity index (χ1n) is 9.86. The number of alkyl carbamates (subject to hydrolysis) is 1. The maximum absolute atomic E-state index is 11.6. The molecule has 3 rings (SSSR count). The fourth-order valence-electron chi connectivity index (χ4n) is 3.15. The minimum atomic E-state index is -0.583. The molecular formula is C21H26ClN5O3. The standard InChI is InChI=1S/C21H26ClN5O3/c1-23-20(28)15-30-21(29)24-9-10-26-11-13-27(14-12-26)19-4-2-3-18(25-19)16-5-7-17(22)8-6-16/h2-8H,9-15H2,1H3,(H,23,28)(H,24,29). The summed E-state index contributed by atoms with van der Waals surface area (Å²) < 4.78 is 4.81. The SMILES string of the molecule is CNC(=O)COC(=O)NCCN1CCN(c2cccc(-c3ccc(Cl)cc3)n2)CC1. The molecule has 1 aromatic heterocycles. The van der Waals surface area contributed by atoms with E-state index in [1.807, 2.05) is 42.5 Å². The van der Waals surface area contributed by atoms with Crippen molar-refractivity contribution in [2.45, 2.75) is 0 Å². The zero-order valence-corrected chi connectivity index (χ0v) is 17.7. The fraction of sp³-hybridized carbons (Fsp3) is 0.381. The molecular weight excluding hydrogens is 406 g/mol. The largest absolute Gasteiger partial charge is 0.439 e. The summed E-state index contributed by atoms with van der Waals surface area (Å²) in [5.74, 6) is 0.619. The van der Waals surface area contributed by atoms with Crippen molar-refractivity contribution in [3.63, 3.8) is 0 Å². The molecule has 1 aliphatic rings. The van der Waals surface area contributed by atoms with Crippen LogP contribution < -0.4 is 15.5 Å². The van der Waals surface area contributed by atoms with Crippen LogP contribution in [0.1, 0.15) is 0 Å². The van der Waals surface area contributed by atoms with Crippen LogP contribution in [0.2, 0.25) is 5.02 Å². The summed E-state index contributed by atoms with van der Waals surface area (Å²) in [6, 6.07) is 13.7. The molecule has 2 heterocycles. The Morgan fingerprint density at radius 3 is 2.53 bits per heavy atom. The Hall–Kier alpha value is -2.84. The van der Waals surface area contributed by atoms with E-state index in [1.165, 1.54) is 7.05 Å². The van der Waals surface area contributed by atoms with Gasteiger partial charge in [0.15, 0.2) is 6.61 Å². The normalized spacial score (nSPS) is 14.3. The number of likely N-dealkylation sites (N-methyl/N-ethyl adjacent to an activating group) is 1. The van der Waals surface area contributed by atoms with Crippen LogP contribution >= 0.6 is 11.6 Å². The van der Waals surface area contributed by atoms with Crippen molar-refractivity contribution in [1.82, 2.24) is 20.5 Å². The van der Waals surface area contributed by atoms with Gasteiger partial charge in [0.2, 0.25) is 0 Å². The minimum absolute atomic E-state index is 0.275. The lowest BCUT2D eigenvalue weighted by molar-refractivity contribution is -0.123. The van der Waals surface area contributed by atoms with E-state index in [-0.39, 0.29) is 12.5 Å². The number of nitrogens with zero attached hydrogens (tertiary/aromatic N) is 3. The first-order chi connectivity index (χ1) is 14.5. The van der Waals surface area contributed by atoms with Gasteiger partial charge < -0.3 is 20.3 Å². The first-order valence-corrected chi connectivity index (χ1v) is 10.2. The van der Waals surface area contributed by atoms with Crippen LogP contribution in [-0.4, -0.2) is 74.8 Å². The minimum Gasteiger partial charge on any atom is -0.439 e. The summed E-state index contributed by atoms with van der Waals surface area (Å²) in [5.41, 5.74) is 1.96. The van der Waals surface area contributed by atoms with Crippen molar-refractivity contribution in [3.05, 3.63) is 47.5 Å². The average Bonchev–Trinajstić information content (AvgIpc) is 2.78. The Morgan fingerprint density at radius 1 is 1.10 bits per heavy atom. The number of benzene rings is 1. The van der Waals surface area contributed by atoms with Crippen LogP contribution in [0.5, 0.6) is 0 Å². The van der Waals surface area contributed by atoms with E-state index < -0.39 is 6.09 Å². The quantitative estimate of drug-likeness (QED) is 0.697. The molecule has 1 fully saturated rings. The molecule has 0 atom stereocenters. The van der Waals surface area contributed by atoms with Gasteiger partial charge in [0, 0.05) is 56.9 Å². The lowest BCUT2D eigenvalue weighted by atomic mass is 10.1. The smallest absolute Gasteiger partial charge is 0.407 e. The van der Waals surface area contributed by atoms with E-state index in [2.05, 4.69) is 20.4 Å². The average molecular weight is 432 g/mol. The van der Waals surface area contributed by atoms with Gasteiger partial charge in [-0.1, -0.05) is 29.8 Å². The molecule has 2 N–H and O–H groups in total. The van der Waals surface area contributed by atoms with Crippen molar-refractivity contribution >= 4 is 29.4 Å². The van der Waals surface area contributed by atoms with Gasteiger partial charge in [0.25, 0.3) is 5.91 Å². The Labute approximate surface area is 181 Å². The summed E-state index contributed by atoms with van der Waals surface area (Å²) in [6.45, 7) is 4.39. The number of nitrogens with one attached hydrogen (secondary N) is 2. The van der Waals surface area contributed by atoms with Crippen LogP contribution in [0, 0.1) is 0 Å². The zero-order chi connectivity index (χ0) is 21.3. The number of pyridine rings is 1. The third-order valence-electron chi connectivity index (χ3n) is 4.88. The van der Waals surface area contributed by atoms with E-state index in [1.54, 1.807) is 0 Å². The van der Waals surface area contributed by atoms with E-state index in [0.29, 0.717) is 11.6 Å². The molecule has 1 saturated heterocycles. The Balaban J connectivity index is 1.43. The summed E-state index contributed by atoms with van der Waals surface area (Å²) in [6.07, 6.45) is -0.583. The Morgan fingerprint density at radius 2 is 1.83 bits per heavy atom. The van der Waals surface area contributed by atoms with Gasteiger partial charge in [-0.15, -0.1) is 0 Å². The molecule has 0 radical (unpaired) electrons. The lowest BCUT2D eigenvalue weighted by Crippen LogP contribution is -2.48. The van der Waals surface area contributed by atoms with Crippen LogP contribution in [0.4, 0.5) is 10.6 Å². The second kappa shape index (κ2) is 10.8. The molecule has 0 bridgehead atoms. The number of rotatable bonds is 7. The number of hydrogen-bond acceptors (Lipinski definition) is 6. The van der Waals surface area contributed by atoms with Gasteiger partial charge in [0.05, 0.1) is 5.69 Å². The van der Waals surface area contributed by atoms with Gasteiger partial charge in [-0.3, -0.25) is 9.69 Å². The molecule has 1 aliphatic heterocycles. The van der Waals surface area contributed by atoms with Crippen LogP contribution in [0.3, 0.4) is 0 Å². The topological polar surface area (TPSA) is 86.8 Å². The maximum Gasteiger partial charge on any atom is 0.407 e. The molecule has 8 nitrogen and oxygen atoms in total. The molecule has 9 heteroatoms. The third-order valence-corrected chi connectivity index (χ3v) is 5.13. The number of ether oxygens (including phenoxy) is 1. The molecule has 0 aliphatic carbocycles. The molecule has 2 aromatic rings. The number of carbonyl (C=O) groups is 2. The number of carbonyl (C=O) groups excluding carboxylic acids is 2. The van der Waals surface area contributed by atoms with Crippen molar-refractivity contribution in [1.29, 1.82) is 0 Å². The number of piperazine rings is 1. The molecule has 1 aromatic carbocycles. The van der Waals surface area contributed by atoms with Crippen molar-refractivity contribution in [3.8, 4) is 11.3 Å². The number of hydrogen-bond donors (Lipinski definition) is 2. The molecule has 160 valence electrons. The summed E-state index contributed by atoms with van der Waals surface area (Å²) in [4.78, 5) is 32.0. The van der Waals surface area contributed by atoms with E-state index in [0.717, 1.165) is 49.8 Å². The fourth-order valence-corrected chi connectivity index (χ4v) is 3.28. The monoisotopic (exact) mass is 431 g/mol. The van der Waals surface area contributed by atoms with Crippen molar-refractivity contribution in [2.24, 2.45) is 0 Å². The van der Waals surface area contributed by atoms with Gasteiger partial charge in [-0.05, 0) is 24.3 Å². The van der Waals surface area contributed by atoms with Gasteiger partial charge >= 0.3 is 6.09 Å². The lowest BCUT2D eigenvalue weighted by Gasteiger charge is -2.35. The summed E-state index contributed by atoms with van der Waals surface area (Å²) >= 11 is 5.97. The number of amides is 2. The van der Waals surface area contributed by atoms with Crippen molar-refractivity contribution in [2.75, 3.05) is 57.8 Å². The molecule has 2 amide bonds. The van der Waals surface area contributed by atoms with E-state index in [4.69, 9.17) is 21.3 Å². The summed E-state index contributed by atoms with van der Waals surface area (Å²) in [7, 11) is 1.49. The van der Waals surface area contributed by atoms with Crippen molar-refractivity contribution < 1.29 is 14.3 Å². The zero-order valence-electron chi connectivity index (χ0n) is 16.9. The number of halogens is 1. The highest BCUT2D eigenvalue weighted by Gasteiger charge is 2.18. The first kappa shape index (κ1) is 21.9. The van der Waals surface area contributed by atoms with Gasteiger partial charge in [-0.25, -0.2) is 9.78 Å². The van der Waals surface area contributed by atoms with Crippen LogP contribution in [-0.2, 0) is 9.53 Å². The number of aromatic nitrogens is 1. The Bertz CT molecular complexity index is 854. The van der Waals surface area contributed by atoms with E-state index in [9.17, 15) is 9.59 Å². The second-order valence-corrected chi connectivity index (χ2v) is 7.33. The molecule has 0 unspecified atom stereocenters. The highest BCUT2D eigenvalue weighted by molar-refractivity contribution is 6.30. The highest BCUT2D eigenvalue weighted by atomic mass is 35.5. The van der Waals surface area contributed by atoms with E-state index >= 15 is 0 Å². The van der Waals surface area contributed by atoms with Crippen LogP contribution in [0.15, 0.2) is 42.5 Å². The molecule has 0 saturated carbocycles. The van der Waals surface area contributed by atoms with Gasteiger partial charge in [0.1, 0.15) is 5.82 Å². The number of anilines is 1. The van der Waals surface area contributed by atoms with Gasteiger partial charge in [-0.2, -0.15) is 0 Å². The molecule has 0 spiro atoms. The predicted molar refractivity (Wildman–Crippen MR) is 117 cm³/mol. The maximum atomic E-state index is 11.6. The predicted octanol–water partition coefficient (Wildman–Crippen LogP) is 2.00. The second-order valence-electron chi connectivity index (χ2n) is 6.89. The third kappa shape index (κ3) is 6.33. The summed E-state index contributed by atoms with van der Waals surface area (Å²) in [5, 5.41) is 5.77.